The van der Waals surface area contributed by atoms with Crippen molar-refractivity contribution in [3.8, 4) is 0 Å². The largest absolute Gasteiger partial charge is 0.330 e. The Morgan fingerprint density at radius 2 is 1.93 bits per heavy atom. The van der Waals surface area contributed by atoms with E-state index in [0.29, 0.717) is 14.3 Å². The predicted molar refractivity (Wildman–Crippen MR) is 119 cm³/mol. The number of amides is 3. The number of hydrogen-bond acceptors (Lipinski definition) is 7. The minimum absolute atomic E-state index is 0.182. The highest BCUT2D eigenvalue weighted by atomic mass is 35.5. The fraction of sp³-hybridized carbons (Fsp3) is 0.0556. The first-order valence-corrected chi connectivity index (χ1v) is 10.2. The molecule has 11 heteroatoms. The number of hydrazone groups is 1. The van der Waals surface area contributed by atoms with Crippen molar-refractivity contribution in [2.24, 2.45) is 5.10 Å². The molecule has 1 aromatic heterocycles. The first-order chi connectivity index (χ1) is 13.9. The van der Waals surface area contributed by atoms with Crippen LogP contribution in [0, 0.1) is 0 Å². The van der Waals surface area contributed by atoms with Crippen LogP contribution in [0.1, 0.15) is 12.0 Å². The Balaban J connectivity index is 1.59. The van der Waals surface area contributed by atoms with Crippen molar-refractivity contribution < 1.29 is 9.59 Å². The van der Waals surface area contributed by atoms with E-state index in [-0.39, 0.29) is 24.0 Å². The molecular weight excluding hydrogens is 432 g/mol. The van der Waals surface area contributed by atoms with Crippen LogP contribution in [0.3, 0.4) is 0 Å². The highest BCUT2D eigenvalue weighted by Crippen LogP contribution is 2.31. The quantitative estimate of drug-likeness (QED) is 0.615. The van der Waals surface area contributed by atoms with Crippen LogP contribution >= 0.6 is 35.3 Å². The van der Waals surface area contributed by atoms with Crippen molar-refractivity contribution in [3.05, 3.63) is 70.0 Å². The lowest BCUT2D eigenvalue weighted by Crippen LogP contribution is -2.24. The van der Waals surface area contributed by atoms with E-state index in [0.717, 1.165) is 29.3 Å². The summed E-state index contributed by atoms with van der Waals surface area (Å²) in [7, 11) is 0. The van der Waals surface area contributed by atoms with Gasteiger partial charge in [0.05, 0.1) is 33.1 Å². The number of rotatable bonds is 7. The molecule has 29 heavy (non-hydrogen) atoms. The first-order valence-electron chi connectivity index (χ1n) is 8.15. The molecule has 3 rings (SSSR count). The molecule has 2 aromatic rings. The standard InChI is InChI=1S/C18H15ClN6O2S2/c1-11(19)28-12(2)29-24-18(27)22-15-9-21-16(10-20-15)25-17(26)8-14(23-25)13-6-4-3-5-7-13/h3-7,9-10H,1-2,8H2,(H2,20,22,24,27). The lowest BCUT2D eigenvalue weighted by atomic mass is 10.1. The summed E-state index contributed by atoms with van der Waals surface area (Å²) in [5, 5.41) is 8.07. The van der Waals surface area contributed by atoms with Gasteiger partial charge in [-0.15, -0.1) is 0 Å². The minimum atomic E-state index is -0.513. The number of nitrogens with one attached hydrogen (secondary N) is 2. The SMILES string of the molecule is C=C(Cl)SC(=C)SNC(=O)Nc1cnc(N2N=C(c3ccccc3)CC2=O)cn1. The van der Waals surface area contributed by atoms with E-state index in [1.807, 2.05) is 30.3 Å². The van der Waals surface area contributed by atoms with Crippen LogP contribution in [0.25, 0.3) is 0 Å². The molecule has 0 spiro atoms. The van der Waals surface area contributed by atoms with Crippen molar-refractivity contribution in [2.75, 3.05) is 10.3 Å². The third-order valence-electron chi connectivity index (χ3n) is 3.46. The van der Waals surface area contributed by atoms with E-state index in [2.05, 4.69) is 38.3 Å². The molecule has 2 N–H and O–H groups in total. The van der Waals surface area contributed by atoms with Crippen molar-refractivity contribution in [1.29, 1.82) is 0 Å². The van der Waals surface area contributed by atoms with Gasteiger partial charge in [0.2, 0.25) is 0 Å². The Kier molecular flexibility index (Phi) is 6.91. The topological polar surface area (TPSA) is 99.6 Å². The second kappa shape index (κ2) is 9.59. The van der Waals surface area contributed by atoms with Gasteiger partial charge in [0.1, 0.15) is 0 Å². The van der Waals surface area contributed by atoms with Gasteiger partial charge in [0, 0.05) is 0 Å². The summed E-state index contributed by atoms with van der Waals surface area (Å²) >= 11 is 7.78. The van der Waals surface area contributed by atoms with Gasteiger partial charge in [0.15, 0.2) is 11.6 Å². The van der Waals surface area contributed by atoms with E-state index in [9.17, 15) is 9.59 Å². The van der Waals surface area contributed by atoms with Gasteiger partial charge in [-0.25, -0.2) is 14.8 Å². The Labute approximate surface area is 180 Å². The summed E-state index contributed by atoms with van der Waals surface area (Å²) in [6.45, 7) is 7.25. The summed E-state index contributed by atoms with van der Waals surface area (Å²) in [6, 6.07) is 8.93. The molecule has 0 atom stereocenters. The van der Waals surface area contributed by atoms with E-state index in [1.165, 1.54) is 17.4 Å². The van der Waals surface area contributed by atoms with E-state index in [1.54, 1.807) is 0 Å². The molecule has 1 aliphatic heterocycles. The maximum atomic E-state index is 12.3. The molecule has 0 saturated carbocycles. The smallest absolute Gasteiger partial charge is 0.290 e. The van der Waals surface area contributed by atoms with Crippen molar-refractivity contribution in [1.82, 2.24) is 14.7 Å². The predicted octanol–water partition coefficient (Wildman–Crippen LogP) is 4.30. The Morgan fingerprint density at radius 1 is 1.17 bits per heavy atom. The zero-order valence-corrected chi connectivity index (χ0v) is 17.4. The number of nitrogens with zero attached hydrogens (tertiary/aromatic N) is 4. The second-order valence-electron chi connectivity index (χ2n) is 5.54. The number of aromatic nitrogens is 2. The fourth-order valence-electron chi connectivity index (χ4n) is 2.28. The lowest BCUT2D eigenvalue weighted by Gasteiger charge is -2.11. The molecule has 2 heterocycles. The number of urea groups is 1. The van der Waals surface area contributed by atoms with Crippen LogP contribution < -0.4 is 15.0 Å². The number of carbonyl (C=O) groups is 2. The molecule has 0 fully saturated rings. The average Bonchev–Trinajstić information content (AvgIpc) is 3.09. The molecular formula is C18H15ClN6O2S2. The summed E-state index contributed by atoms with van der Waals surface area (Å²) in [6.07, 6.45) is 2.89. The third kappa shape index (κ3) is 5.83. The molecule has 148 valence electrons. The molecule has 1 aliphatic rings. The number of hydrogen-bond donors (Lipinski definition) is 2. The normalized spacial score (nSPS) is 13.1. The highest BCUT2D eigenvalue weighted by Gasteiger charge is 2.27. The zero-order valence-electron chi connectivity index (χ0n) is 15.0. The first kappa shape index (κ1) is 20.9. The van der Waals surface area contributed by atoms with Crippen LogP contribution in [0.4, 0.5) is 16.4 Å². The number of benzene rings is 1. The maximum absolute atomic E-state index is 12.3. The van der Waals surface area contributed by atoms with Gasteiger partial charge in [-0.3, -0.25) is 14.8 Å². The summed E-state index contributed by atoms with van der Waals surface area (Å²) < 4.78 is 3.43. The molecule has 0 radical (unpaired) electrons. The van der Waals surface area contributed by atoms with Crippen LogP contribution in [0.5, 0.6) is 0 Å². The maximum Gasteiger partial charge on any atom is 0.330 e. The van der Waals surface area contributed by atoms with E-state index >= 15 is 0 Å². The summed E-state index contributed by atoms with van der Waals surface area (Å²) in [5.41, 5.74) is 1.54. The monoisotopic (exact) mass is 446 g/mol. The average molecular weight is 447 g/mol. The van der Waals surface area contributed by atoms with Crippen molar-refractivity contribution in [3.63, 3.8) is 0 Å². The van der Waals surface area contributed by atoms with Crippen LogP contribution in [-0.4, -0.2) is 27.6 Å². The zero-order chi connectivity index (χ0) is 20.8. The minimum Gasteiger partial charge on any atom is -0.290 e. The highest BCUT2D eigenvalue weighted by molar-refractivity contribution is 8.24. The second-order valence-corrected chi connectivity index (χ2v) is 8.57. The fourth-order valence-corrected chi connectivity index (χ4v) is 3.80. The van der Waals surface area contributed by atoms with Crippen LogP contribution in [-0.2, 0) is 4.79 Å². The Hall–Kier alpha value is -2.82. The molecule has 1 aromatic carbocycles. The van der Waals surface area contributed by atoms with Gasteiger partial charge >= 0.3 is 6.03 Å². The number of anilines is 2. The van der Waals surface area contributed by atoms with Crippen molar-refractivity contribution >= 4 is 64.6 Å². The van der Waals surface area contributed by atoms with Gasteiger partial charge in [-0.1, -0.05) is 66.9 Å². The third-order valence-corrected chi connectivity index (χ3v) is 5.16. The molecule has 8 nitrogen and oxygen atoms in total. The van der Waals surface area contributed by atoms with Crippen molar-refractivity contribution in [2.45, 2.75) is 6.42 Å². The molecule has 0 aliphatic carbocycles. The molecule has 0 unspecified atom stereocenters. The Bertz CT molecular complexity index is 982. The van der Waals surface area contributed by atoms with Crippen LogP contribution in [0.15, 0.2) is 69.6 Å². The number of halogens is 1. The lowest BCUT2D eigenvalue weighted by molar-refractivity contribution is -0.116. The van der Waals surface area contributed by atoms with Crippen LogP contribution in [0.2, 0.25) is 0 Å². The molecule has 0 bridgehead atoms. The molecule has 3 amide bonds. The van der Waals surface area contributed by atoms with Gasteiger partial charge in [-0.05, 0) is 17.5 Å². The van der Waals surface area contributed by atoms with Gasteiger partial charge in [-0.2, -0.15) is 10.1 Å². The number of carbonyl (C=O) groups excluding carboxylic acids is 2. The Morgan fingerprint density at radius 3 is 2.59 bits per heavy atom. The molecule has 0 saturated heterocycles. The number of thioether (sulfide) groups is 1. The summed E-state index contributed by atoms with van der Waals surface area (Å²) in [4.78, 5) is 32.4. The summed E-state index contributed by atoms with van der Waals surface area (Å²) in [5.74, 6) is 0.280. The van der Waals surface area contributed by atoms with Gasteiger partial charge in [0.25, 0.3) is 5.91 Å². The van der Waals surface area contributed by atoms with E-state index in [4.69, 9.17) is 11.6 Å². The van der Waals surface area contributed by atoms with Gasteiger partial charge < -0.3 is 0 Å². The van der Waals surface area contributed by atoms with E-state index < -0.39 is 6.03 Å².